The summed E-state index contributed by atoms with van der Waals surface area (Å²) < 4.78 is 24.9. The van der Waals surface area contributed by atoms with Crippen molar-refractivity contribution in [1.82, 2.24) is 0 Å². The van der Waals surface area contributed by atoms with Crippen molar-refractivity contribution in [1.29, 1.82) is 0 Å². The summed E-state index contributed by atoms with van der Waals surface area (Å²) in [5, 5.41) is 0. The first kappa shape index (κ1) is 11.3. The maximum atomic E-state index is 13.3. The Balaban J connectivity index is 2.05. The lowest BCUT2D eigenvalue weighted by Gasteiger charge is -2.23. The summed E-state index contributed by atoms with van der Waals surface area (Å²) in [5.41, 5.74) is -0.505. The highest BCUT2D eigenvalue weighted by atomic mass is 16.1. The second-order valence-corrected chi connectivity index (χ2v) is 6.62. The number of fused-ring (bicyclic) bond motifs is 1. The first-order valence-electron chi connectivity index (χ1n) is 9.35. The summed E-state index contributed by atoms with van der Waals surface area (Å²) in [4.78, 5) is 26.5. The third kappa shape index (κ3) is 1.59. The van der Waals surface area contributed by atoms with Crippen molar-refractivity contribution in [2.24, 2.45) is 17.2 Å². The fourth-order valence-electron chi connectivity index (χ4n) is 4.47. The van der Waals surface area contributed by atoms with Crippen molar-refractivity contribution in [2.75, 3.05) is 0 Å². The van der Waals surface area contributed by atoms with Gasteiger partial charge < -0.3 is 0 Å². The summed E-state index contributed by atoms with van der Waals surface area (Å²) in [5.74, 6) is -3.99. The molecule has 2 aliphatic rings. The predicted octanol–water partition coefficient (Wildman–Crippen LogP) is 3.79. The van der Waals surface area contributed by atoms with E-state index in [1.165, 1.54) is 6.92 Å². The number of benzene rings is 2. The van der Waals surface area contributed by atoms with E-state index in [9.17, 15) is 9.59 Å². The van der Waals surface area contributed by atoms with Crippen LogP contribution in [0.25, 0.3) is 0 Å². The minimum absolute atomic E-state index is 0.502. The Kier molecular flexibility index (Phi) is 2.29. The molecule has 0 saturated heterocycles. The van der Waals surface area contributed by atoms with Gasteiger partial charge in [0.05, 0.1) is 5.41 Å². The molecule has 0 heterocycles. The number of Topliss-reactive ketones (excluding diaryl/α,β-unsaturated/α-hetero) is 2. The van der Waals surface area contributed by atoms with Crippen LogP contribution in [-0.2, 0) is 15.0 Å². The second kappa shape index (κ2) is 4.64. The molecule has 2 fully saturated rings. The SMILES string of the molecule is [2H]C1([2H])C(=O)[C@@]2(C)[C@@H](C(=O)[C@]1([2H])C)C2(c1ccccc1)c1ccccc1. The van der Waals surface area contributed by atoms with Gasteiger partial charge in [-0.15, -0.1) is 0 Å². The molecule has 2 aliphatic carbocycles. The average Bonchev–Trinajstić information content (AvgIpc) is 3.23. The first-order valence-corrected chi connectivity index (χ1v) is 7.85. The van der Waals surface area contributed by atoms with Crippen LogP contribution in [0, 0.1) is 17.2 Å². The lowest BCUT2D eigenvalue weighted by atomic mass is 9.78. The van der Waals surface area contributed by atoms with E-state index in [2.05, 4.69) is 0 Å². The highest BCUT2D eigenvalue weighted by Gasteiger charge is 2.82. The van der Waals surface area contributed by atoms with Crippen LogP contribution < -0.4 is 0 Å². The predicted molar refractivity (Wildman–Crippen MR) is 89.1 cm³/mol. The highest BCUT2D eigenvalue weighted by Crippen LogP contribution is 2.75. The van der Waals surface area contributed by atoms with Crippen molar-refractivity contribution >= 4 is 11.6 Å². The number of hydrogen-bond donors (Lipinski definition) is 0. The van der Waals surface area contributed by atoms with Crippen LogP contribution in [0.5, 0.6) is 0 Å². The first-order chi connectivity index (χ1) is 12.1. The molecule has 2 aromatic carbocycles. The van der Waals surface area contributed by atoms with Crippen LogP contribution in [0.3, 0.4) is 0 Å². The van der Waals surface area contributed by atoms with E-state index >= 15 is 0 Å². The normalized spacial score (nSPS) is 38.9. The Bertz CT molecular complexity index is 866. The fraction of sp³-hybridized carbons (Fsp3) is 0.333. The highest BCUT2D eigenvalue weighted by molar-refractivity contribution is 6.09. The molecule has 2 heteroatoms. The maximum absolute atomic E-state index is 13.3. The lowest BCUT2D eigenvalue weighted by Crippen LogP contribution is -2.31. The molecule has 0 aromatic heterocycles. The molecule has 2 saturated carbocycles. The molecule has 0 amide bonds. The van der Waals surface area contributed by atoms with Crippen molar-refractivity contribution in [3.05, 3.63) is 71.8 Å². The molecule has 2 aromatic rings. The average molecular weight is 307 g/mol. The summed E-state index contributed by atoms with van der Waals surface area (Å²) in [6.07, 6.45) is -2.53. The van der Waals surface area contributed by atoms with Crippen molar-refractivity contribution in [3.8, 4) is 0 Å². The molecule has 0 unspecified atom stereocenters. The van der Waals surface area contributed by atoms with Gasteiger partial charge in [0.2, 0.25) is 0 Å². The van der Waals surface area contributed by atoms with E-state index in [-0.39, 0.29) is 0 Å². The minimum Gasteiger partial charge on any atom is -0.299 e. The molecular formula is C21H20O2. The van der Waals surface area contributed by atoms with Gasteiger partial charge in [-0.05, 0) is 11.1 Å². The van der Waals surface area contributed by atoms with Gasteiger partial charge in [-0.1, -0.05) is 74.5 Å². The fourth-order valence-corrected chi connectivity index (χ4v) is 4.47. The van der Waals surface area contributed by atoms with E-state index in [4.69, 9.17) is 4.11 Å². The van der Waals surface area contributed by atoms with E-state index in [0.29, 0.717) is 0 Å². The molecular weight excluding hydrogens is 284 g/mol. The van der Waals surface area contributed by atoms with Gasteiger partial charge in [0, 0.05) is 27.7 Å². The van der Waals surface area contributed by atoms with Gasteiger partial charge in [0.25, 0.3) is 0 Å². The Morgan fingerprint density at radius 2 is 1.48 bits per heavy atom. The molecule has 0 aliphatic heterocycles. The van der Waals surface area contributed by atoms with E-state index < -0.39 is 40.6 Å². The van der Waals surface area contributed by atoms with Crippen LogP contribution in [0.1, 0.15) is 35.5 Å². The smallest absolute Gasteiger partial charge is 0.141 e. The Morgan fingerprint density at radius 1 is 1.00 bits per heavy atom. The largest absolute Gasteiger partial charge is 0.299 e. The topological polar surface area (TPSA) is 34.1 Å². The van der Waals surface area contributed by atoms with Crippen LogP contribution in [0.2, 0.25) is 0 Å². The van der Waals surface area contributed by atoms with Crippen molar-refractivity contribution in [3.63, 3.8) is 0 Å². The zero-order valence-electron chi connectivity index (χ0n) is 16.2. The number of hydrogen-bond acceptors (Lipinski definition) is 2. The van der Waals surface area contributed by atoms with Crippen LogP contribution >= 0.6 is 0 Å². The Labute approximate surface area is 140 Å². The monoisotopic (exact) mass is 307 g/mol. The lowest BCUT2D eigenvalue weighted by molar-refractivity contribution is -0.136. The molecule has 116 valence electrons. The maximum Gasteiger partial charge on any atom is 0.141 e. The number of carbonyl (C=O) groups excluding carboxylic acids is 2. The molecule has 2 nitrogen and oxygen atoms in total. The van der Waals surface area contributed by atoms with Gasteiger partial charge in [0.15, 0.2) is 0 Å². The zero-order valence-corrected chi connectivity index (χ0v) is 13.2. The molecule has 23 heavy (non-hydrogen) atoms. The van der Waals surface area contributed by atoms with Crippen molar-refractivity contribution < 1.29 is 13.7 Å². The van der Waals surface area contributed by atoms with Crippen LogP contribution in [0.4, 0.5) is 0 Å². The van der Waals surface area contributed by atoms with Gasteiger partial charge in [0.1, 0.15) is 11.6 Å². The molecule has 3 atom stereocenters. The van der Waals surface area contributed by atoms with Crippen molar-refractivity contribution in [2.45, 2.75) is 25.6 Å². The van der Waals surface area contributed by atoms with Gasteiger partial charge in [-0.3, -0.25) is 9.59 Å². The second-order valence-electron chi connectivity index (χ2n) is 6.62. The Hall–Kier alpha value is -2.22. The van der Waals surface area contributed by atoms with E-state index in [1.54, 1.807) is 6.92 Å². The van der Waals surface area contributed by atoms with E-state index in [0.717, 1.165) is 11.1 Å². The third-order valence-corrected chi connectivity index (χ3v) is 5.61. The molecule has 4 rings (SSSR count). The standard InChI is InChI=1S/C21H20O2/c1-14-13-17(22)20(2)19(18(14)23)21(20,15-9-5-3-6-10-15)16-11-7-4-8-12-16/h3-12,14,19H,13H2,1-2H3/t14-,19-,20+/m1/s1/i13D2,14D. The summed E-state index contributed by atoms with van der Waals surface area (Å²) in [6.45, 7) is 2.91. The molecule has 0 N–H and O–H groups in total. The van der Waals surface area contributed by atoms with Gasteiger partial charge >= 0.3 is 0 Å². The molecule has 0 bridgehead atoms. The molecule has 0 radical (unpaired) electrons. The number of carbonyl (C=O) groups is 2. The van der Waals surface area contributed by atoms with Crippen LogP contribution in [-0.4, -0.2) is 11.6 Å². The Morgan fingerprint density at radius 3 is 1.96 bits per heavy atom. The molecule has 0 spiro atoms. The number of rotatable bonds is 2. The van der Waals surface area contributed by atoms with Gasteiger partial charge in [-0.25, -0.2) is 0 Å². The number of ketones is 2. The zero-order chi connectivity index (χ0) is 19.0. The summed E-state index contributed by atoms with van der Waals surface area (Å²) in [6, 6.07) is 18.7. The third-order valence-electron chi connectivity index (χ3n) is 5.61. The summed E-state index contributed by atoms with van der Waals surface area (Å²) >= 11 is 0. The minimum atomic E-state index is -2.53. The van der Waals surface area contributed by atoms with Gasteiger partial charge in [-0.2, -0.15) is 0 Å². The van der Waals surface area contributed by atoms with Crippen LogP contribution in [0.15, 0.2) is 60.7 Å². The quantitative estimate of drug-likeness (QED) is 0.846. The summed E-state index contributed by atoms with van der Waals surface area (Å²) in [7, 11) is 0. The van der Waals surface area contributed by atoms with E-state index in [1.807, 2.05) is 60.7 Å².